The molecule has 1 heterocycles. The number of hydrogen-bond donors (Lipinski definition) is 1. The number of sulfonamides is 1. The first-order valence-electron chi connectivity index (χ1n) is 8.68. The lowest BCUT2D eigenvalue weighted by molar-refractivity contribution is 0.340. The Labute approximate surface area is 153 Å². The van der Waals surface area contributed by atoms with E-state index in [4.69, 9.17) is 10.5 Å². The molecule has 0 amide bonds. The van der Waals surface area contributed by atoms with Gasteiger partial charge in [0, 0.05) is 23.9 Å². The van der Waals surface area contributed by atoms with Gasteiger partial charge < -0.3 is 10.5 Å². The number of fused-ring (bicyclic) bond motifs is 2. The van der Waals surface area contributed by atoms with Gasteiger partial charge in [-0.3, -0.25) is 0 Å². The number of benzene rings is 2. The summed E-state index contributed by atoms with van der Waals surface area (Å²) in [6, 6.07) is 10.4. The molecular weight excluding hydrogens is 350 g/mol. The van der Waals surface area contributed by atoms with Crippen molar-refractivity contribution in [3.8, 4) is 5.75 Å². The number of pyridine rings is 1. The molecule has 138 valence electrons. The number of nitrogens with zero attached hydrogens (tertiary/aromatic N) is 2. The number of hydrogen-bond acceptors (Lipinski definition) is 5. The van der Waals surface area contributed by atoms with Crippen LogP contribution in [0.5, 0.6) is 5.75 Å². The summed E-state index contributed by atoms with van der Waals surface area (Å²) < 4.78 is 32.6. The lowest BCUT2D eigenvalue weighted by Gasteiger charge is -2.19. The molecule has 2 N–H and O–H groups in total. The van der Waals surface area contributed by atoms with E-state index in [1.54, 1.807) is 18.2 Å². The number of anilines is 1. The van der Waals surface area contributed by atoms with Gasteiger partial charge >= 0.3 is 0 Å². The van der Waals surface area contributed by atoms with Crippen LogP contribution in [-0.4, -0.2) is 37.4 Å². The predicted molar refractivity (Wildman–Crippen MR) is 105 cm³/mol. The molecule has 0 aliphatic carbocycles. The van der Waals surface area contributed by atoms with E-state index in [-0.39, 0.29) is 4.90 Å². The van der Waals surface area contributed by atoms with Crippen molar-refractivity contribution in [2.24, 2.45) is 0 Å². The number of nitrogen functional groups attached to an aromatic ring is 1. The van der Waals surface area contributed by atoms with Gasteiger partial charge in [0.2, 0.25) is 10.0 Å². The Morgan fingerprint density at radius 3 is 2.23 bits per heavy atom. The zero-order valence-corrected chi connectivity index (χ0v) is 16.0. The highest BCUT2D eigenvalue weighted by molar-refractivity contribution is 7.89. The van der Waals surface area contributed by atoms with Crippen molar-refractivity contribution >= 4 is 37.5 Å². The molecule has 0 aliphatic rings. The Morgan fingerprint density at radius 2 is 1.62 bits per heavy atom. The average Bonchev–Trinajstić information content (AvgIpc) is 2.63. The van der Waals surface area contributed by atoms with Crippen molar-refractivity contribution in [2.45, 2.75) is 25.7 Å². The highest BCUT2D eigenvalue weighted by atomic mass is 32.2. The Balaban J connectivity index is 2.22. The number of nitrogens with two attached hydrogens (primary N) is 1. The Kier molecular flexibility index (Phi) is 5.02. The lowest BCUT2D eigenvalue weighted by atomic mass is 10.1. The summed E-state index contributed by atoms with van der Waals surface area (Å²) in [7, 11) is -3.55. The molecular formula is C19H23N3O3S. The number of aromatic nitrogens is 1. The molecule has 0 radical (unpaired) electrons. The van der Waals surface area contributed by atoms with Crippen molar-refractivity contribution in [1.29, 1.82) is 0 Å². The second kappa shape index (κ2) is 7.09. The highest BCUT2D eigenvalue weighted by Crippen LogP contribution is 2.32. The average molecular weight is 373 g/mol. The van der Waals surface area contributed by atoms with E-state index in [2.05, 4.69) is 4.98 Å². The Bertz CT molecular complexity index is 1060. The van der Waals surface area contributed by atoms with Crippen LogP contribution in [0.25, 0.3) is 21.8 Å². The van der Waals surface area contributed by atoms with Gasteiger partial charge in [0.15, 0.2) is 0 Å². The van der Waals surface area contributed by atoms with Crippen LogP contribution in [0.1, 0.15) is 20.8 Å². The van der Waals surface area contributed by atoms with Crippen LogP contribution in [0.2, 0.25) is 0 Å². The van der Waals surface area contributed by atoms with E-state index >= 15 is 0 Å². The first-order chi connectivity index (χ1) is 12.4. The quantitative estimate of drug-likeness (QED) is 0.669. The van der Waals surface area contributed by atoms with Gasteiger partial charge in [-0.05, 0) is 43.3 Å². The molecule has 0 fully saturated rings. The Hall–Kier alpha value is -2.38. The summed E-state index contributed by atoms with van der Waals surface area (Å²) in [5.41, 5.74) is 8.28. The summed E-state index contributed by atoms with van der Waals surface area (Å²) in [5, 5.41) is 1.38. The largest absolute Gasteiger partial charge is 0.494 e. The van der Waals surface area contributed by atoms with Gasteiger partial charge in [-0.2, -0.15) is 4.31 Å². The maximum atomic E-state index is 12.8. The molecule has 0 atom stereocenters. The maximum Gasteiger partial charge on any atom is 0.243 e. The molecule has 0 aliphatic heterocycles. The van der Waals surface area contributed by atoms with Crippen LogP contribution in [-0.2, 0) is 10.0 Å². The summed E-state index contributed by atoms with van der Waals surface area (Å²) in [5.74, 6) is 0.708. The molecule has 0 saturated carbocycles. The van der Waals surface area contributed by atoms with Gasteiger partial charge in [0.1, 0.15) is 5.75 Å². The maximum absolute atomic E-state index is 12.8. The van der Waals surface area contributed by atoms with Crippen LogP contribution < -0.4 is 10.5 Å². The molecule has 1 aromatic heterocycles. The van der Waals surface area contributed by atoms with Gasteiger partial charge in [0.05, 0.1) is 28.2 Å². The molecule has 0 bridgehead atoms. The molecule has 6 nitrogen and oxygen atoms in total. The van der Waals surface area contributed by atoms with Crippen molar-refractivity contribution in [2.75, 3.05) is 25.4 Å². The van der Waals surface area contributed by atoms with Crippen molar-refractivity contribution in [3.05, 3.63) is 36.4 Å². The van der Waals surface area contributed by atoms with E-state index < -0.39 is 10.0 Å². The molecule has 7 heteroatoms. The summed E-state index contributed by atoms with van der Waals surface area (Å²) in [6.07, 6.45) is 0. The fraction of sp³-hybridized carbons (Fsp3) is 0.316. The fourth-order valence-electron chi connectivity index (χ4n) is 3.06. The van der Waals surface area contributed by atoms with Crippen molar-refractivity contribution < 1.29 is 13.2 Å². The predicted octanol–water partition coefficient (Wildman–Crippen LogP) is 3.40. The first kappa shape index (κ1) is 18.4. The van der Waals surface area contributed by atoms with E-state index in [1.165, 1.54) is 4.31 Å². The fourth-order valence-corrected chi connectivity index (χ4v) is 4.55. The van der Waals surface area contributed by atoms with Gasteiger partial charge in [-0.25, -0.2) is 13.4 Å². The summed E-state index contributed by atoms with van der Waals surface area (Å²) in [6.45, 7) is 6.94. The molecule has 0 spiro atoms. The van der Waals surface area contributed by atoms with Gasteiger partial charge in [-0.1, -0.05) is 13.8 Å². The van der Waals surface area contributed by atoms with Crippen LogP contribution in [0.4, 0.5) is 5.69 Å². The molecule has 3 rings (SSSR count). The lowest BCUT2D eigenvalue weighted by Crippen LogP contribution is -2.30. The second-order valence-corrected chi connectivity index (χ2v) is 7.84. The summed E-state index contributed by atoms with van der Waals surface area (Å²) in [4.78, 5) is 4.83. The number of rotatable bonds is 6. The monoisotopic (exact) mass is 373 g/mol. The van der Waals surface area contributed by atoms with E-state index in [9.17, 15) is 8.42 Å². The summed E-state index contributed by atoms with van der Waals surface area (Å²) >= 11 is 0. The Morgan fingerprint density at radius 1 is 1.00 bits per heavy atom. The van der Waals surface area contributed by atoms with E-state index in [0.717, 1.165) is 10.9 Å². The van der Waals surface area contributed by atoms with Gasteiger partial charge in [-0.15, -0.1) is 0 Å². The highest BCUT2D eigenvalue weighted by Gasteiger charge is 2.22. The number of ether oxygens (including phenoxy) is 1. The molecule has 2 aromatic carbocycles. The van der Waals surface area contributed by atoms with Crippen molar-refractivity contribution in [3.63, 3.8) is 0 Å². The SMILES string of the molecule is CCOc1ccc2nc3ccc(S(=O)(=O)N(CC)CC)cc3c(N)c2c1. The topological polar surface area (TPSA) is 85.5 Å². The molecule has 3 aromatic rings. The zero-order chi connectivity index (χ0) is 18.9. The van der Waals surface area contributed by atoms with Crippen LogP contribution in [0.15, 0.2) is 41.3 Å². The van der Waals surface area contributed by atoms with E-state index in [0.29, 0.717) is 42.0 Å². The van der Waals surface area contributed by atoms with Crippen LogP contribution in [0, 0.1) is 0 Å². The zero-order valence-electron chi connectivity index (χ0n) is 15.2. The van der Waals surface area contributed by atoms with Crippen LogP contribution >= 0.6 is 0 Å². The minimum absolute atomic E-state index is 0.225. The normalized spacial score (nSPS) is 12.2. The standard InChI is InChI=1S/C19H23N3O3S/c1-4-22(5-2)26(23,24)14-8-10-18-16(12-14)19(20)15-11-13(25-6-3)7-9-17(15)21-18/h7-12H,4-6H2,1-3H3,(H2,20,21). The third-order valence-corrected chi connectivity index (χ3v) is 6.46. The third kappa shape index (κ3) is 3.08. The first-order valence-corrected chi connectivity index (χ1v) is 10.1. The smallest absolute Gasteiger partial charge is 0.243 e. The molecule has 0 unspecified atom stereocenters. The van der Waals surface area contributed by atoms with Gasteiger partial charge in [0.25, 0.3) is 0 Å². The third-order valence-electron chi connectivity index (χ3n) is 4.41. The molecule has 0 saturated heterocycles. The minimum atomic E-state index is -3.55. The van der Waals surface area contributed by atoms with Crippen molar-refractivity contribution in [1.82, 2.24) is 9.29 Å². The minimum Gasteiger partial charge on any atom is -0.494 e. The molecule has 26 heavy (non-hydrogen) atoms. The van der Waals surface area contributed by atoms with Crippen LogP contribution in [0.3, 0.4) is 0 Å². The second-order valence-electron chi connectivity index (χ2n) is 5.91. The van der Waals surface area contributed by atoms with E-state index in [1.807, 2.05) is 39.0 Å².